The average Bonchev–Trinajstić information content (AvgIpc) is 1.85. The van der Waals surface area contributed by atoms with E-state index >= 15 is 0 Å². The summed E-state index contributed by atoms with van der Waals surface area (Å²) in [5, 5.41) is 25.5. The normalized spacial score (nSPS) is 13.6. The highest BCUT2D eigenvalue weighted by Crippen LogP contribution is 2.01. The van der Waals surface area contributed by atoms with Crippen LogP contribution in [0.15, 0.2) is 0 Å². The molecule has 3 N–H and O–H groups in total. The molecular weight excluding hydrogens is 136 g/mol. The molecule has 0 saturated heterocycles. The Balaban J connectivity index is 3.20. The molecule has 4 nitrogen and oxygen atoms in total. The fourth-order valence-electron chi connectivity index (χ4n) is 0.570. The number of aliphatic hydroxyl groups is 3. The number of rotatable bonds is 5. The molecular formula is C6H12O4. The van der Waals surface area contributed by atoms with Crippen LogP contribution in [0.1, 0.15) is 19.3 Å². The molecule has 4 heteroatoms. The molecule has 0 aromatic rings. The minimum atomic E-state index is -1.39. The van der Waals surface area contributed by atoms with Crippen molar-refractivity contribution in [3.63, 3.8) is 0 Å². The highest BCUT2D eigenvalue weighted by molar-refractivity contribution is 5.49. The Morgan fingerprint density at radius 2 is 1.80 bits per heavy atom. The molecule has 1 atom stereocenters. The Bertz CT molecular complexity index is 91.7. The van der Waals surface area contributed by atoms with Crippen LogP contribution in [-0.4, -0.2) is 34.0 Å². The maximum Gasteiger partial charge on any atom is 0.151 e. The summed E-state index contributed by atoms with van der Waals surface area (Å²) >= 11 is 0. The Morgan fingerprint density at radius 1 is 1.20 bits per heavy atom. The van der Waals surface area contributed by atoms with Crippen LogP contribution in [0.5, 0.6) is 0 Å². The largest absolute Gasteiger partial charge is 0.393 e. The van der Waals surface area contributed by atoms with E-state index in [0.717, 1.165) is 0 Å². The third kappa shape index (κ3) is 5.68. The lowest BCUT2D eigenvalue weighted by Gasteiger charge is -2.06. The van der Waals surface area contributed by atoms with Crippen molar-refractivity contribution in [2.24, 2.45) is 0 Å². The molecule has 0 rings (SSSR count). The first-order chi connectivity index (χ1) is 4.66. The summed E-state index contributed by atoms with van der Waals surface area (Å²) in [5.41, 5.74) is 0. The van der Waals surface area contributed by atoms with Crippen LogP contribution >= 0.6 is 0 Å². The topological polar surface area (TPSA) is 77.8 Å². The van der Waals surface area contributed by atoms with Crippen LogP contribution in [0, 0.1) is 0 Å². The number of carbonyl (C=O) groups excluding carboxylic acids is 1. The highest BCUT2D eigenvalue weighted by atomic mass is 16.5. The van der Waals surface area contributed by atoms with Crippen molar-refractivity contribution in [3.8, 4) is 0 Å². The standard InChI is InChI=1S/C6H12O4/c7-4-3-5(8)1-2-6(9)10/h4-6,8-10H,1-3H2. The monoisotopic (exact) mass is 148 g/mol. The number of aldehydes is 1. The number of hydrogen-bond donors (Lipinski definition) is 3. The van der Waals surface area contributed by atoms with E-state index < -0.39 is 12.4 Å². The van der Waals surface area contributed by atoms with Gasteiger partial charge in [-0.1, -0.05) is 0 Å². The molecule has 0 amide bonds. The molecule has 0 radical (unpaired) electrons. The van der Waals surface area contributed by atoms with Gasteiger partial charge in [-0.25, -0.2) is 0 Å². The quantitative estimate of drug-likeness (QED) is 0.346. The van der Waals surface area contributed by atoms with Gasteiger partial charge in [0.15, 0.2) is 6.29 Å². The Hall–Kier alpha value is -0.450. The van der Waals surface area contributed by atoms with Gasteiger partial charge in [-0.15, -0.1) is 0 Å². The zero-order chi connectivity index (χ0) is 7.98. The minimum Gasteiger partial charge on any atom is -0.393 e. The van der Waals surface area contributed by atoms with Gasteiger partial charge in [0.05, 0.1) is 6.10 Å². The van der Waals surface area contributed by atoms with Crippen molar-refractivity contribution in [1.29, 1.82) is 0 Å². The van der Waals surface area contributed by atoms with Gasteiger partial charge in [0.25, 0.3) is 0 Å². The number of hydrogen-bond acceptors (Lipinski definition) is 4. The van der Waals surface area contributed by atoms with Crippen molar-refractivity contribution in [2.45, 2.75) is 31.7 Å². The summed E-state index contributed by atoms with van der Waals surface area (Å²) in [7, 11) is 0. The van der Waals surface area contributed by atoms with Gasteiger partial charge in [-0.2, -0.15) is 0 Å². The molecule has 0 aliphatic heterocycles. The van der Waals surface area contributed by atoms with Gasteiger partial charge < -0.3 is 20.1 Å². The molecule has 10 heavy (non-hydrogen) atoms. The Morgan fingerprint density at radius 3 is 2.20 bits per heavy atom. The lowest BCUT2D eigenvalue weighted by atomic mass is 10.1. The third-order valence-electron chi connectivity index (χ3n) is 1.13. The van der Waals surface area contributed by atoms with Crippen molar-refractivity contribution < 1.29 is 20.1 Å². The van der Waals surface area contributed by atoms with E-state index in [2.05, 4.69) is 0 Å². The fraction of sp³-hybridized carbons (Fsp3) is 0.833. The van der Waals surface area contributed by atoms with Crippen LogP contribution in [-0.2, 0) is 4.79 Å². The first kappa shape index (κ1) is 9.55. The van der Waals surface area contributed by atoms with Crippen LogP contribution in [0.3, 0.4) is 0 Å². The van der Waals surface area contributed by atoms with Crippen LogP contribution < -0.4 is 0 Å². The summed E-state index contributed by atoms with van der Waals surface area (Å²) in [6.07, 6.45) is -1.10. The molecule has 0 spiro atoms. The van der Waals surface area contributed by atoms with Crippen molar-refractivity contribution in [1.82, 2.24) is 0 Å². The zero-order valence-electron chi connectivity index (χ0n) is 5.60. The molecule has 0 aromatic carbocycles. The summed E-state index contributed by atoms with van der Waals surface area (Å²) in [6.45, 7) is 0. The summed E-state index contributed by atoms with van der Waals surface area (Å²) in [6, 6.07) is 0. The van der Waals surface area contributed by atoms with Crippen LogP contribution in [0.25, 0.3) is 0 Å². The van der Waals surface area contributed by atoms with Gasteiger partial charge in [0, 0.05) is 12.8 Å². The highest BCUT2D eigenvalue weighted by Gasteiger charge is 2.05. The van der Waals surface area contributed by atoms with Crippen molar-refractivity contribution in [2.75, 3.05) is 0 Å². The second-order valence-corrected chi connectivity index (χ2v) is 2.11. The van der Waals surface area contributed by atoms with E-state index in [4.69, 9.17) is 15.3 Å². The minimum absolute atomic E-state index is 0.0622. The Kier molecular flexibility index (Phi) is 5.10. The van der Waals surface area contributed by atoms with E-state index in [9.17, 15) is 4.79 Å². The van der Waals surface area contributed by atoms with Crippen LogP contribution in [0.2, 0.25) is 0 Å². The van der Waals surface area contributed by atoms with Crippen LogP contribution in [0.4, 0.5) is 0 Å². The van der Waals surface area contributed by atoms with Crippen molar-refractivity contribution in [3.05, 3.63) is 0 Å². The summed E-state index contributed by atoms with van der Waals surface area (Å²) in [4.78, 5) is 9.77. The predicted octanol–water partition coefficient (Wildman–Crippen LogP) is -0.973. The second-order valence-electron chi connectivity index (χ2n) is 2.11. The molecule has 0 aliphatic rings. The molecule has 0 saturated carbocycles. The van der Waals surface area contributed by atoms with E-state index in [1.54, 1.807) is 0 Å². The molecule has 0 aromatic heterocycles. The molecule has 60 valence electrons. The van der Waals surface area contributed by atoms with E-state index in [0.29, 0.717) is 6.29 Å². The SMILES string of the molecule is O=CCC(O)CCC(O)O. The van der Waals surface area contributed by atoms with E-state index in [1.807, 2.05) is 0 Å². The lowest BCUT2D eigenvalue weighted by molar-refractivity contribution is -0.110. The maximum absolute atomic E-state index is 9.77. The third-order valence-corrected chi connectivity index (χ3v) is 1.13. The summed E-state index contributed by atoms with van der Waals surface area (Å²) < 4.78 is 0. The van der Waals surface area contributed by atoms with E-state index in [-0.39, 0.29) is 19.3 Å². The predicted molar refractivity (Wildman–Crippen MR) is 34.1 cm³/mol. The van der Waals surface area contributed by atoms with Gasteiger partial charge in [-0.3, -0.25) is 0 Å². The summed E-state index contributed by atoms with van der Waals surface area (Å²) in [5.74, 6) is 0. The number of aliphatic hydroxyl groups excluding tert-OH is 2. The van der Waals surface area contributed by atoms with Gasteiger partial charge in [-0.05, 0) is 6.42 Å². The first-order valence-electron chi connectivity index (χ1n) is 3.14. The maximum atomic E-state index is 9.77. The molecule has 0 bridgehead atoms. The average molecular weight is 148 g/mol. The van der Waals surface area contributed by atoms with Gasteiger partial charge in [0.1, 0.15) is 6.29 Å². The van der Waals surface area contributed by atoms with Gasteiger partial charge in [0.2, 0.25) is 0 Å². The molecule has 1 unspecified atom stereocenters. The first-order valence-corrected chi connectivity index (χ1v) is 3.14. The lowest BCUT2D eigenvalue weighted by Crippen LogP contribution is -2.12. The zero-order valence-corrected chi connectivity index (χ0v) is 5.60. The Labute approximate surface area is 59.1 Å². The smallest absolute Gasteiger partial charge is 0.151 e. The van der Waals surface area contributed by atoms with Crippen molar-refractivity contribution >= 4 is 6.29 Å². The number of carbonyl (C=O) groups is 1. The van der Waals surface area contributed by atoms with Gasteiger partial charge >= 0.3 is 0 Å². The molecule has 0 heterocycles. The molecule has 0 fully saturated rings. The second kappa shape index (κ2) is 5.34. The molecule has 0 aliphatic carbocycles. The van der Waals surface area contributed by atoms with E-state index in [1.165, 1.54) is 0 Å². The fourth-order valence-corrected chi connectivity index (χ4v) is 0.570.